The molecule has 4 aliphatic rings. The van der Waals surface area contributed by atoms with E-state index < -0.39 is 0 Å². The summed E-state index contributed by atoms with van der Waals surface area (Å²) in [5.74, 6) is 1.36. The van der Waals surface area contributed by atoms with Crippen LogP contribution in [0.15, 0.2) is 43.0 Å². The molecule has 40 heavy (non-hydrogen) atoms. The van der Waals surface area contributed by atoms with Crippen LogP contribution in [0.3, 0.4) is 0 Å². The minimum absolute atomic E-state index is 0.208. The van der Waals surface area contributed by atoms with Crippen molar-refractivity contribution < 1.29 is 0 Å². The molecule has 5 nitrogen and oxygen atoms in total. The molecule has 4 heterocycles. The van der Waals surface area contributed by atoms with E-state index in [0.717, 1.165) is 19.0 Å². The summed E-state index contributed by atoms with van der Waals surface area (Å²) in [5, 5.41) is 8.80. The highest BCUT2D eigenvalue weighted by Gasteiger charge is 2.47. The van der Waals surface area contributed by atoms with Crippen molar-refractivity contribution in [2.24, 2.45) is 17.3 Å². The number of hydrogen-bond acceptors (Lipinski definition) is 6. The quantitative estimate of drug-likeness (QED) is 0.307. The lowest BCUT2D eigenvalue weighted by Crippen LogP contribution is -2.64. The van der Waals surface area contributed by atoms with E-state index in [1.165, 1.54) is 63.5 Å². The van der Waals surface area contributed by atoms with Gasteiger partial charge in [-0.3, -0.25) is 20.4 Å². The fourth-order valence-corrected chi connectivity index (χ4v) is 9.52. The van der Waals surface area contributed by atoms with Gasteiger partial charge in [0.15, 0.2) is 0 Å². The highest BCUT2D eigenvalue weighted by atomic mass is 32.2. The lowest BCUT2D eigenvalue weighted by molar-refractivity contribution is -0.000395. The Morgan fingerprint density at radius 3 is 2.50 bits per heavy atom. The van der Waals surface area contributed by atoms with Crippen LogP contribution in [0, 0.1) is 17.3 Å². The number of benzene rings is 1. The highest BCUT2D eigenvalue weighted by Crippen LogP contribution is 2.43. The Labute approximate surface area is 250 Å². The Morgan fingerprint density at radius 2 is 1.77 bits per heavy atom. The summed E-state index contributed by atoms with van der Waals surface area (Å²) in [7, 11) is 2.37. The molecule has 4 aliphatic heterocycles. The monoisotopic (exact) mass is 567 g/mol. The van der Waals surface area contributed by atoms with Gasteiger partial charge in [0.2, 0.25) is 0 Å². The second-order valence-corrected chi connectivity index (χ2v) is 16.2. The van der Waals surface area contributed by atoms with Crippen molar-refractivity contribution in [1.82, 2.24) is 24.7 Å². The molecule has 0 aliphatic carbocycles. The third-order valence-corrected chi connectivity index (χ3v) is 11.7. The zero-order valence-corrected chi connectivity index (χ0v) is 27.1. The molecule has 4 saturated heterocycles. The van der Waals surface area contributed by atoms with Crippen LogP contribution in [0.5, 0.6) is 0 Å². The van der Waals surface area contributed by atoms with E-state index in [0.29, 0.717) is 35.7 Å². The molecule has 0 radical (unpaired) electrons. The maximum atomic E-state index is 4.26. The first-order valence-corrected chi connectivity index (χ1v) is 17.0. The van der Waals surface area contributed by atoms with E-state index >= 15 is 0 Å². The summed E-state index contributed by atoms with van der Waals surface area (Å²) in [6, 6.07) is 12.3. The molecule has 224 valence electrons. The molecule has 0 aromatic heterocycles. The van der Waals surface area contributed by atoms with Crippen LogP contribution in [0.25, 0.3) is 0 Å². The zero-order chi connectivity index (χ0) is 28.5. The number of fused-ring (bicyclic) bond motifs is 6. The predicted molar refractivity (Wildman–Crippen MR) is 172 cm³/mol. The van der Waals surface area contributed by atoms with E-state index in [1.54, 1.807) is 0 Å². The number of piperidine rings is 2. The average molecular weight is 568 g/mol. The molecule has 6 heteroatoms. The van der Waals surface area contributed by atoms with Crippen LogP contribution in [0.4, 0.5) is 0 Å². The van der Waals surface area contributed by atoms with Crippen LogP contribution in [-0.2, 0) is 0 Å². The molecule has 5 rings (SSSR count). The zero-order valence-electron chi connectivity index (χ0n) is 26.2. The van der Waals surface area contributed by atoms with Crippen LogP contribution in [0.2, 0.25) is 0 Å². The third-order valence-electron chi connectivity index (χ3n) is 10.4. The normalized spacial score (nSPS) is 38.1. The first-order chi connectivity index (χ1) is 19.0. The van der Waals surface area contributed by atoms with Crippen LogP contribution in [0.1, 0.15) is 97.6 Å². The molecule has 4 bridgehead atoms. The fourth-order valence-electron chi connectivity index (χ4n) is 8.20. The van der Waals surface area contributed by atoms with Gasteiger partial charge in [0.1, 0.15) is 0 Å². The first-order valence-electron chi connectivity index (χ1n) is 16.1. The fraction of sp³-hybridized carbons (Fsp3) is 0.765. The Kier molecular flexibility index (Phi) is 9.76. The molecule has 0 spiro atoms. The number of nitrogens with one attached hydrogen (secondary N) is 2. The summed E-state index contributed by atoms with van der Waals surface area (Å²) in [4.78, 5) is 5.57. The maximum Gasteiger partial charge on any atom is 0.0693 e. The van der Waals surface area contributed by atoms with E-state index in [1.807, 2.05) is 0 Å². The molecule has 2 N–H and O–H groups in total. The van der Waals surface area contributed by atoms with E-state index in [4.69, 9.17) is 0 Å². The molecular formula is C34H57N5S. The topological polar surface area (TPSA) is 33.8 Å². The summed E-state index contributed by atoms with van der Waals surface area (Å²) < 4.78 is 2.64. The molecule has 4 fully saturated rings. The van der Waals surface area contributed by atoms with Crippen LogP contribution >= 0.6 is 11.9 Å². The van der Waals surface area contributed by atoms with E-state index in [2.05, 4.69) is 121 Å². The summed E-state index contributed by atoms with van der Waals surface area (Å²) in [6.45, 7) is 19.7. The van der Waals surface area contributed by atoms with Crippen molar-refractivity contribution in [1.29, 1.82) is 0 Å². The first kappa shape index (κ1) is 30.6. The lowest BCUT2D eigenvalue weighted by Gasteiger charge is -2.50. The van der Waals surface area contributed by atoms with Gasteiger partial charge in [-0.25, -0.2) is 4.31 Å². The largest absolute Gasteiger partial charge is 0.298 e. The number of rotatable bonds is 3. The van der Waals surface area contributed by atoms with Gasteiger partial charge < -0.3 is 0 Å². The van der Waals surface area contributed by atoms with E-state index in [-0.39, 0.29) is 11.0 Å². The van der Waals surface area contributed by atoms with Crippen LogP contribution in [-0.4, -0.2) is 70.1 Å². The number of nitrogens with zero attached hydrogens (tertiary/aromatic N) is 3. The Balaban J connectivity index is 1.47. The van der Waals surface area contributed by atoms with Gasteiger partial charge in [0, 0.05) is 43.2 Å². The summed E-state index contributed by atoms with van der Waals surface area (Å²) >= 11 is 2.06. The lowest BCUT2D eigenvalue weighted by atomic mass is 9.78. The minimum Gasteiger partial charge on any atom is -0.298 e. The average Bonchev–Trinajstić information content (AvgIpc) is 3.22. The Bertz CT molecular complexity index is 961. The van der Waals surface area contributed by atoms with Crippen LogP contribution < -0.4 is 10.6 Å². The highest BCUT2D eigenvalue weighted by molar-refractivity contribution is 7.97. The summed E-state index contributed by atoms with van der Waals surface area (Å²) in [6.07, 6.45) is 13.1. The van der Waals surface area contributed by atoms with Gasteiger partial charge in [-0.1, -0.05) is 69.1 Å². The smallest absolute Gasteiger partial charge is 0.0693 e. The van der Waals surface area contributed by atoms with Crippen molar-refractivity contribution in [3.05, 3.63) is 48.6 Å². The molecule has 7 unspecified atom stereocenters. The minimum atomic E-state index is 0.208. The van der Waals surface area contributed by atoms with Crippen molar-refractivity contribution in [3.63, 3.8) is 0 Å². The van der Waals surface area contributed by atoms with Crippen molar-refractivity contribution in [2.45, 2.75) is 121 Å². The predicted octanol–water partition coefficient (Wildman–Crippen LogP) is 6.86. The SMILES string of the molecule is C=CCN1CC2CCC(C(C)(C)C)NC2N2C[C@@H](CCC(c3ccccc3)N(C)C3CCCC(N3)S1)CC2(C)C. The van der Waals surface area contributed by atoms with Gasteiger partial charge in [0.05, 0.1) is 17.7 Å². The second-order valence-electron chi connectivity index (χ2n) is 14.9. The maximum absolute atomic E-state index is 4.26. The van der Waals surface area contributed by atoms with E-state index in [9.17, 15) is 0 Å². The van der Waals surface area contributed by atoms with Gasteiger partial charge in [0.25, 0.3) is 0 Å². The van der Waals surface area contributed by atoms with Crippen molar-refractivity contribution in [2.75, 3.05) is 26.7 Å². The second kappa shape index (κ2) is 12.8. The van der Waals surface area contributed by atoms with Gasteiger partial charge in [-0.2, -0.15) is 0 Å². The Hall–Kier alpha value is -0.890. The van der Waals surface area contributed by atoms with Crippen molar-refractivity contribution >= 4 is 11.9 Å². The van der Waals surface area contributed by atoms with Gasteiger partial charge in [-0.15, -0.1) is 6.58 Å². The standard InChI is InChI=1S/C34H57N5S/c1-8-21-38-24-27-18-20-29(33(2,3)4)35-32(27)39-23-25(22-34(39,5)6)17-19-28(26-13-10-9-11-14-26)37(7)30-15-12-16-31(36-30)40-38/h8-11,13-14,25,27-32,35-36H,1,12,15-24H2,2-7H3/t25-,27?,28?,29?,30?,31?,32?/m0/s1. The molecular weight excluding hydrogens is 510 g/mol. The van der Waals surface area contributed by atoms with Crippen molar-refractivity contribution in [3.8, 4) is 0 Å². The molecule has 1 aromatic rings. The third kappa shape index (κ3) is 7.01. The van der Waals surface area contributed by atoms with Gasteiger partial charge >= 0.3 is 0 Å². The molecule has 8 atom stereocenters. The molecule has 0 saturated carbocycles. The molecule has 0 amide bonds. The summed E-state index contributed by atoms with van der Waals surface area (Å²) in [5.41, 5.74) is 1.95. The Morgan fingerprint density at radius 1 is 1.00 bits per heavy atom. The van der Waals surface area contributed by atoms with Gasteiger partial charge in [-0.05, 0) is 89.2 Å². The molecule has 1 aromatic carbocycles. The number of hydrogen-bond donors (Lipinski definition) is 2.